The monoisotopic (exact) mass is 352 g/mol. The van der Waals surface area contributed by atoms with Crippen molar-refractivity contribution >= 4 is 23.4 Å². The summed E-state index contributed by atoms with van der Waals surface area (Å²) in [7, 11) is 0. The van der Waals surface area contributed by atoms with Gasteiger partial charge in [-0.05, 0) is 48.9 Å². The van der Waals surface area contributed by atoms with Crippen LogP contribution in [0, 0.1) is 0 Å². The highest BCUT2D eigenvalue weighted by molar-refractivity contribution is 6.04. The maximum Gasteiger partial charge on any atom is 0.255 e. The van der Waals surface area contributed by atoms with Crippen LogP contribution in [0.3, 0.4) is 0 Å². The van der Waals surface area contributed by atoms with Crippen LogP contribution in [0.4, 0.5) is 5.69 Å². The lowest BCUT2D eigenvalue weighted by Crippen LogP contribution is -2.28. The van der Waals surface area contributed by atoms with Crippen LogP contribution in [0.1, 0.15) is 35.7 Å². The Balaban J connectivity index is 1.61. The molecule has 1 fully saturated rings. The van der Waals surface area contributed by atoms with Gasteiger partial charge in [0.25, 0.3) is 5.91 Å². The van der Waals surface area contributed by atoms with E-state index in [1.807, 2.05) is 6.92 Å². The molecule has 0 aromatic heterocycles. The van der Waals surface area contributed by atoms with Gasteiger partial charge in [-0.2, -0.15) is 0 Å². The average molecular weight is 352 g/mol. The number of carbonyl (C=O) groups is 3. The normalized spacial score (nSPS) is 13.8. The molecule has 134 valence electrons. The molecule has 1 aliphatic rings. The zero-order valence-corrected chi connectivity index (χ0v) is 14.5. The van der Waals surface area contributed by atoms with E-state index in [0.717, 1.165) is 11.3 Å². The number of amides is 3. The van der Waals surface area contributed by atoms with Gasteiger partial charge >= 0.3 is 0 Å². The van der Waals surface area contributed by atoms with Crippen LogP contribution >= 0.6 is 0 Å². The summed E-state index contributed by atoms with van der Waals surface area (Å²) in [6, 6.07) is 14.0. The molecule has 0 radical (unpaired) electrons. The van der Waals surface area contributed by atoms with Crippen molar-refractivity contribution in [2.45, 2.75) is 26.3 Å². The first-order valence-electron chi connectivity index (χ1n) is 8.53. The number of ether oxygens (including phenoxy) is 1. The van der Waals surface area contributed by atoms with Gasteiger partial charge in [-0.15, -0.1) is 0 Å². The summed E-state index contributed by atoms with van der Waals surface area (Å²) < 4.78 is 5.37. The SMILES string of the molecule is CCOc1ccc(NC(=O)c2ccc(CN3C(=O)CCC3=O)cc2)cc1. The summed E-state index contributed by atoms with van der Waals surface area (Å²) in [6.07, 6.45) is 0.558. The summed E-state index contributed by atoms with van der Waals surface area (Å²) in [5.74, 6) is 0.231. The van der Waals surface area contributed by atoms with E-state index < -0.39 is 0 Å². The molecule has 6 nitrogen and oxygen atoms in total. The third-order valence-electron chi connectivity index (χ3n) is 4.13. The number of hydrogen-bond acceptors (Lipinski definition) is 4. The number of anilines is 1. The van der Waals surface area contributed by atoms with Crippen molar-refractivity contribution in [3.05, 3.63) is 59.7 Å². The van der Waals surface area contributed by atoms with Crippen molar-refractivity contribution in [2.24, 2.45) is 0 Å². The van der Waals surface area contributed by atoms with Crippen LogP contribution in [0.5, 0.6) is 5.75 Å². The summed E-state index contributed by atoms with van der Waals surface area (Å²) in [5.41, 5.74) is 1.99. The molecular weight excluding hydrogens is 332 g/mol. The van der Waals surface area contributed by atoms with Gasteiger partial charge in [0, 0.05) is 24.1 Å². The molecule has 2 aromatic rings. The molecule has 0 atom stereocenters. The van der Waals surface area contributed by atoms with Gasteiger partial charge in [0.1, 0.15) is 5.75 Å². The molecule has 6 heteroatoms. The van der Waals surface area contributed by atoms with E-state index in [2.05, 4.69) is 5.32 Å². The molecule has 0 bridgehead atoms. The zero-order valence-electron chi connectivity index (χ0n) is 14.5. The van der Waals surface area contributed by atoms with Gasteiger partial charge in [-0.1, -0.05) is 12.1 Å². The number of imide groups is 1. The molecule has 3 rings (SSSR count). The van der Waals surface area contributed by atoms with Crippen LogP contribution in [0.25, 0.3) is 0 Å². The second-order valence-electron chi connectivity index (χ2n) is 5.98. The Morgan fingerprint density at radius 2 is 1.62 bits per heavy atom. The number of carbonyl (C=O) groups excluding carboxylic acids is 3. The third-order valence-corrected chi connectivity index (χ3v) is 4.13. The highest BCUT2D eigenvalue weighted by atomic mass is 16.5. The molecule has 0 unspecified atom stereocenters. The average Bonchev–Trinajstić information content (AvgIpc) is 2.96. The van der Waals surface area contributed by atoms with Crippen LogP contribution in [-0.4, -0.2) is 29.2 Å². The summed E-state index contributed by atoms with van der Waals surface area (Å²) in [5, 5.41) is 2.82. The van der Waals surface area contributed by atoms with Gasteiger partial charge in [-0.3, -0.25) is 19.3 Å². The van der Waals surface area contributed by atoms with Crippen molar-refractivity contribution in [3.8, 4) is 5.75 Å². The molecule has 1 heterocycles. The van der Waals surface area contributed by atoms with E-state index in [4.69, 9.17) is 4.74 Å². The van der Waals surface area contributed by atoms with Crippen molar-refractivity contribution in [3.63, 3.8) is 0 Å². The van der Waals surface area contributed by atoms with E-state index in [0.29, 0.717) is 17.9 Å². The molecule has 1 N–H and O–H groups in total. The van der Waals surface area contributed by atoms with Crippen LogP contribution in [0.2, 0.25) is 0 Å². The minimum absolute atomic E-state index is 0.146. The summed E-state index contributed by atoms with van der Waals surface area (Å²) in [4.78, 5) is 36.9. The lowest BCUT2D eigenvalue weighted by Gasteiger charge is -2.14. The number of nitrogens with zero attached hydrogens (tertiary/aromatic N) is 1. The number of benzene rings is 2. The molecule has 0 aliphatic carbocycles. The Morgan fingerprint density at radius 1 is 1.00 bits per heavy atom. The van der Waals surface area contributed by atoms with E-state index in [1.54, 1.807) is 48.5 Å². The maximum absolute atomic E-state index is 12.3. The highest BCUT2D eigenvalue weighted by Crippen LogP contribution is 2.18. The van der Waals surface area contributed by atoms with Gasteiger partial charge in [0.05, 0.1) is 13.2 Å². The number of likely N-dealkylation sites (tertiary alicyclic amines) is 1. The van der Waals surface area contributed by atoms with Gasteiger partial charge in [-0.25, -0.2) is 0 Å². The fourth-order valence-corrected chi connectivity index (χ4v) is 2.75. The lowest BCUT2D eigenvalue weighted by molar-refractivity contribution is -0.139. The standard InChI is InChI=1S/C20H20N2O4/c1-2-26-17-9-7-16(8-10-17)21-20(25)15-5-3-14(4-6-15)13-22-18(23)11-12-19(22)24/h3-10H,2,11-13H2,1H3,(H,21,25). The molecule has 1 saturated heterocycles. The van der Waals surface area contributed by atoms with E-state index >= 15 is 0 Å². The Bertz CT molecular complexity index is 797. The zero-order chi connectivity index (χ0) is 18.5. The van der Waals surface area contributed by atoms with E-state index in [9.17, 15) is 14.4 Å². The fourth-order valence-electron chi connectivity index (χ4n) is 2.75. The summed E-state index contributed by atoms with van der Waals surface area (Å²) in [6.45, 7) is 2.75. The minimum Gasteiger partial charge on any atom is -0.494 e. The topological polar surface area (TPSA) is 75.7 Å². The lowest BCUT2D eigenvalue weighted by atomic mass is 10.1. The molecule has 1 aliphatic heterocycles. The highest BCUT2D eigenvalue weighted by Gasteiger charge is 2.28. The molecular formula is C20H20N2O4. The first-order valence-corrected chi connectivity index (χ1v) is 8.53. The largest absolute Gasteiger partial charge is 0.494 e. The first kappa shape index (κ1) is 17.7. The number of hydrogen-bond donors (Lipinski definition) is 1. The molecule has 2 aromatic carbocycles. The Morgan fingerprint density at radius 3 is 2.19 bits per heavy atom. The van der Waals surface area contributed by atoms with Crippen molar-refractivity contribution in [1.29, 1.82) is 0 Å². The van der Waals surface area contributed by atoms with Gasteiger partial charge in [0.15, 0.2) is 0 Å². The quantitative estimate of drug-likeness (QED) is 0.811. The number of rotatable bonds is 6. The van der Waals surface area contributed by atoms with Crippen LogP contribution in [-0.2, 0) is 16.1 Å². The first-order chi connectivity index (χ1) is 12.6. The third kappa shape index (κ3) is 4.08. The van der Waals surface area contributed by atoms with Gasteiger partial charge in [0.2, 0.25) is 11.8 Å². The van der Waals surface area contributed by atoms with Crippen LogP contribution < -0.4 is 10.1 Å². The van der Waals surface area contributed by atoms with Gasteiger partial charge < -0.3 is 10.1 Å². The Labute approximate surface area is 151 Å². The van der Waals surface area contributed by atoms with E-state index in [-0.39, 0.29) is 37.1 Å². The predicted molar refractivity (Wildman–Crippen MR) is 96.8 cm³/mol. The fraction of sp³-hybridized carbons (Fsp3) is 0.250. The minimum atomic E-state index is -0.228. The number of nitrogens with one attached hydrogen (secondary N) is 1. The maximum atomic E-state index is 12.3. The molecule has 26 heavy (non-hydrogen) atoms. The molecule has 0 spiro atoms. The van der Waals surface area contributed by atoms with E-state index in [1.165, 1.54) is 4.90 Å². The Hall–Kier alpha value is -3.15. The van der Waals surface area contributed by atoms with Crippen molar-refractivity contribution in [2.75, 3.05) is 11.9 Å². The van der Waals surface area contributed by atoms with Crippen molar-refractivity contribution in [1.82, 2.24) is 4.90 Å². The molecule has 3 amide bonds. The van der Waals surface area contributed by atoms with Crippen molar-refractivity contribution < 1.29 is 19.1 Å². The molecule has 0 saturated carbocycles. The second-order valence-corrected chi connectivity index (χ2v) is 5.98. The summed E-state index contributed by atoms with van der Waals surface area (Å²) >= 11 is 0. The Kier molecular flexibility index (Phi) is 5.31. The smallest absolute Gasteiger partial charge is 0.255 e. The van der Waals surface area contributed by atoms with Crippen LogP contribution in [0.15, 0.2) is 48.5 Å². The second kappa shape index (κ2) is 7.82. The predicted octanol–water partition coefficient (Wildman–Crippen LogP) is 2.99.